The monoisotopic (exact) mass is 272 g/mol. The summed E-state index contributed by atoms with van der Waals surface area (Å²) in [6, 6.07) is 10.4. The van der Waals surface area contributed by atoms with Gasteiger partial charge < -0.3 is 10.2 Å². The molecule has 4 nitrogen and oxygen atoms in total. The molecule has 0 bridgehead atoms. The summed E-state index contributed by atoms with van der Waals surface area (Å²) in [5.74, 6) is 0.710. The van der Waals surface area contributed by atoms with Crippen LogP contribution in [0.4, 0.5) is 0 Å². The first-order valence-corrected chi connectivity index (χ1v) is 7.34. The largest absolute Gasteiger partial charge is 0.355 e. The number of likely N-dealkylation sites (tertiary alicyclic amines) is 1. The lowest BCUT2D eigenvalue weighted by molar-refractivity contribution is -0.136. The fourth-order valence-electron chi connectivity index (χ4n) is 3.16. The van der Waals surface area contributed by atoms with E-state index < -0.39 is 0 Å². The molecule has 20 heavy (non-hydrogen) atoms. The highest BCUT2D eigenvalue weighted by molar-refractivity contribution is 5.84. The number of carbonyl (C=O) groups excluding carboxylic acids is 2. The van der Waals surface area contributed by atoms with E-state index in [1.807, 2.05) is 11.0 Å². The summed E-state index contributed by atoms with van der Waals surface area (Å²) in [4.78, 5) is 25.6. The third-order valence-corrected chi connectivity index (χ3v) is 4.39. The molecule has 4 heteroatoms. The highest BCUT2D eigenvalue weighted by atomic mass is 16.2. The molecule has 2 fully saturated rings. The number of amides is 2. The molecule has 0 saturated carbocycles. The summed E-state index contributed by atoms with van der Waals surface area (Å²) in [6.07, 6.45) is 2.21. The molecule has 2 unspecified atom stereocenters. The third kappa shape index (κ3) is 2.69. The Morgan fingerprint density at radius 1 is 1.20 bits per heavy atom. The SMILES string of the molecule is O=C1CCC(C(=O)N2CCC(c3ccccc3)C2)CN1. The maximum absolute atomic E-state index is 12.5. The normalized spacial score (nSPS) is 26.4. The van der Waals surface area contributed by atoms with Crippen molar-refractivity contribution in [2.75, 3.05) is 19.6 Å². The molecule has 2 aliphatic rings. The average Bonchev–Trinajstić information content (AvgIpc) is 2.98. The molecule has 0 aliphatic carbocycles. The molecule has 2 aliphatic heterocycles. The highest BCUT2D eigenvalue weighted by Gasteiger charge is 2.33. The second-order valence-electron chi connectivity index (χ2n) is 5.72. The molecular formula is C16H20N2O2. The molecule has 1 aromatic carbocycles. The number of hydrogen-bond donors (Lipinski definition) is 1. The van der Waals surface area contributed by atoms with Crippen molar-refractivity contribution in [3.05, 3.63) is 35.9 Å². The predicted molar refractivity (Wildman–Crippen MR) is 76.1 cm³/mol. The van der Waals surface area contributed by atoms with Crippen LogP contribution in [0.25, 0.3) is 0 Å². The van der Waals surface area contributed by atoms with Crippen molar-refractivity contribution in [1.82, 2.24) is 10.2 Å². The van der Waals surface area contributed by atoms with Crippen LogP contribution in [0, 0.1) is 5.92 Å². The van der Waals surface area contributed by atoms with Crippen LogP contribution in [-0.2, 0) is 9.59 Å². The summed E-state index contributed by atoms with van der Waals surface area (Å²) >= 11 is 0. The zero-order chi connectivity index (χ0) is 13.9. The lowest BCUT2D eigenvalue weighted by Gasteiger charge is -2.26. The number of piperidine rings is 1. The van der Waals surface area contributed by atoms with Gasteiger partial charge in [-0.2, -0.15) is 0 Å². The fourth-order valence-corrected chi connectivity index (χ4v) is 3.16. The minimum Gasteiger partial charge on any atom is -0.355 e. The molecule has 0 radical (unpaired) electrons. The van der Waals surface area contributed by atoms with Gasteiger partial charge in [0.1, 0.15) is 0 Å². The zero-order valence-electron chi connectivity index (χ0n) is 11.5. The second kappa shape index (κ2) is 5.65. The first kappa shape index (κ1) is 13.2. The number of hydrogen-bond acceptors (Lipinski definition) is 2. The molecule has 2 heterocycles. The number of carbonyl (C=O) groups is 2. The van der Waals surface area contributed by atoms with E-state index in [0.717, 1.165) is 19.5 Å². The van der Waals surface area contributed by atoms with Crippen LogP contribution >= 0.6 is 0 Å². The Morgan fingerprint density at radius 3 is 2.70 bits per heavy atom. The van der Waals surface area contributed by atoms with Crippen LogP contribution in [0.5, 0.6) is 0 Å². The van der Waals surface area contributed by atoms with E-state index in [9.17, 15) is 9.59 Å². The first-order chi connectivity index (χ1) is 9.74. The number of benzene rings is 1. The fraction of sp³-hybridized carbons (Fsp3) is 0.500. The van der Waals surface area contributed by atoms with Gasteiger partial charge in [0.15, 0.2) is 0 Å². The zero-order valence-corrected chi connectivity index (χ0v) is 11.5. The van der Waals surface area contributed by atoms with Crippen molar-refractivity contribution in [3.8, 4) is 0 Å². The van der Waals surface area contributed by atoms with Crippen LogP contribution in [0.1, 0.15) is 30.7 Å². The summed E-state index contributed by atoms with van der Waals surface area (Å²) in [7, 11) is 0. The van der Waals surface area contributed by atoms with Crippen molar-refractivity contribution in [3.63, 3.8) is 0 Å². The van der Waals surface area contributed by atoms with Crippen molar-refractivity contribution < 1.29 is 9.59 Å². The van der Waals surface area contributed by atoms with E-state index >= 15 is 0 Å². The van der Waals surface area contributed by atoms with Crippen LogP contribution in [-0.4, -0.2) is 36.3 Å². The quantitative estimate of drug-likeness (QED) is 0.887. The van der Waals surface area contributed by atoms with Gasteiger partial charge in [0.25, 0.3) is 0 Å². The Hall–Kier alpha value is -1.84. The molecule has 1 N–H and O–H groups in total. The maximum Gasteiger partial charge on any atom is 0.227 e. The van der Waals surface area contributed by atoms with Crippen LogP contribution in [0.2, 0.25) is 0 Å². The van der Waals surface area contributed by atoms with E-state index in [1.54, 1.807) is 0 Å². The summed E-state index contributed by atoms with van der Waals surface area (Å²) < 4.78 is 0. The third-order valence-electron chi connectivity index (χ3n) is 4.39. The van der Waals surface area contributed by atoms with Crippen molar-refractivity contribution in [1.29, 1.82) is 0 Å². The van der Waals surface area contributed by atoms with E-state index in [0.29, 0.717) is 25.3 Å². The predicted octanol–water partition coefficient (Wildman–Crippen LogP) is 1.53. The van der Waals surface area contributed by atoms with Gasteiger partial charge in [0.05, 0.1) is 5.92 Å². The lowest BCUT2D eigenvalue weighted by Crippen LogP contribution is -2.44. The number of nitrogens with one attached hydrogen (secondary N) is 1. The van der Waals surface area contributed by atoms with E-state index in [1.165, 1.54) is 5.56 Å². The van der Waals surface area contributed by atoms with Gasteiger partial charge in [0, 0.05) is 32.0 Å². The highest BCUT2D eigenvalue weighted by Crippen LogP contribution is 2.28. The Bertz CT molecular complexity index is 490. The first-order valence-electron chi connectivity index (χ1n) is 7.34. The number of nitrogens with zero attached hydrogens (tertiary/aromatic N) is 1. The van der Waals surface area contributed by atoms with E-state index in [4.69, 9.17) is 0 Å². The molecular weight excluding hydrogens is 252 g/mol. The minimum absolute atomic E-state index is 0.0257. The molecule has 1 aromatic rings. The van der Waals surface area contributed by atoms with Gasteiger partial charge in [0.2, 0.25) is 11.8 Å². The van der Waals surface area contributed by atoms with Crippen molar-refractivity contribution in [2.24, 2.45) is 5.92 Å². The van der Waals surface area contributed by atoms with E-state index in [-0.39, 0.29) is 17.7 Å². The Balaban J connectivity index is 1.59. The molecule has 2 amide bonds. The van der Waals surface area contributed by atoms with Gasteiger partial charge in [-0.05, 0) is 18.4 Å². The topological polar surface area (TPSA) is 49.4 Å². The molecule has 2 atom stereocenters. The Kier molecular flexibility index (Phi) is 3.72. The van der Waals surface area contributed by atoms with Crippen LogP contribution < -0.4 is 5.32 Å². The Morgan fingerprint density at radius 2 is 2.00 bits per heavy atom. The standard InChI is InChI=1S/C16H20N2O2/c19-15-7-6-13(10-17-15)16(20)18-9-8-14(11-18)12-4-2-1-3-5-12/h1-5,13-14H,6-11H2,(H,17,19). The van der Waals surface area contributed by atoms with Crippen LogP contribution in [0.15, 0.2) is 30.3 Å². The summed E-state index contributed by atoms with van der Waals surface area (Å²) in [5.41, 5.74) is 1.32. The van der Waals surface area contributed by atoms with Gasteiger partial charge >= 0.3 is 0 Å². The summed E-state index contributed by atoms with van der Waals surface area (Å²) in [6.45, 7) is 2.15. The molecule has 0 aromatic heterocycles. The van der Waals surface area contributed by atoms with Gasteiger partial charge in [-0.1, -0.05) is 30.3 Å². The Labute approximate surface area is 119 Å². The summed E-state index contributed by atoms with van der Waals surface area (Å²) in [5, 5.41) is 2.79. The smallest absolute Gasteiger partial charge is 0.227 e. The van der Waals surface area contributed by atoms with Gasteiger partial charge in [-0.25, -0.2) is 0 Å². The maximum atomic E-state index is 12.5. The molecule has 106 valence electrons. The molecule has 2 saturated heterocycles. The van der Waals surface area contributed by atoms with E-state index in [2.05, 4.69) is 29.6 Å². The number of rotatable bonds is 2. The minimum atomic E-state index is -0.0257. The van der Waals surface area contributed by atoms with Crippen molar-refractivity contribution >= 4 is 11.8 Å². The average molecular weight is 272 g/mol. The van der Waals surface area contributed by atoms with Crippen molar-refractivity contribution in [2.45, 2.75) is 25.2 Å². The molecule has 0 spiro atoms. The van der Waals surface area contributed by atoms with Crippen LogP contribution in [0.3, 0.4) is 0 Å². The van der Waals surface area contributed by atoms with Gasteiger partial charge in [-0.15, -0.1) is 0 Å². The second-order valence-corrected chi connectivity index (χ2v) is 5.72. The molecule has 3 rings (SSSR count). The van der Waals surface area contributed by atoms with Gasteiger partial charge in [-0.3, -0.25) is 9.59 Å². The lowest BCUT2D eigenvalue weighted by atomic mass is 9.97.